The Balaban J connectivity index is 7.40. The lowest BCUT2D eigenvalue weighted by Gasteiger charge is -2.33. The fourth-order valence-electron chi connectivity index (χ4n) is 0.544. The van der Waals surface area contributed by atoms with E-state index < -0.39 is 45.4 Å². The summed E-state index contributed by atoms with van der Waals surface area (Å²) in [6.45, 7) is 0. The van der Waals surface area contributed by atoms with Crippen molar-refractivity contribution < 1.29 is 0 Å². The molecule has 0 saturated heterocycles. The van der Waals surface area contributed by atoms with Gasteiger partial charge in [0.2, 0.25) is 0 Å². The Bertz CT molecular complexity index is 1190. The molecule has 0 fully saturated rings. The van der Waals surface area contributed by atoms with Crippen molar-refractivity contribution in [1.29, 1.82) is 0 Å². The summed E-state index contributed by atoms with van der Waals surface area (Å²) in [7, 11) is -2.52. The molecule has 24 heteroatoms. The minimum Gasteiger partial charge on any atom is -0.271 e. The molecule has 0 spiro atoms. The highest BCUT2D eigenvalue weighted by Gasteiger charge is 2.32. The van der Waals surface area contributed by atoms with Crippen molar-refractivity contribution >= 4 is 224 Å². The zero-order valence-electron chi connectivity index (χ0n) is 9.80. The first-order valence-electron chi connectivity index (χ1n) is 3.83. The third kappa shape index (κ3) is 5.27. The SMILES string of the molecule is S=[S-](=S)S(=S)(=S)S(=S)(=S)S(=S)(=S)S(=S)(=S)S(=S)(=S)S(=S)(=S)[S-](=S)=S. The Kier molecular flexibility index (Phi) is 12.7. The van der Waals surface area contributed by atoms with Gasteiger partial charge in [-0.2, -0.15) is 0 Å². The maximum Gasteiger partial charge on any atom is 0.0429 e. The summed E-state index contributed by atoms with van der Waals surface area (Å²) >= 11 is 86.3. The van der Waals surface area contributed by atoms with Gasteiger partial charge in [0, 0.05) is 20.8 Å². The van der Waals surface area contributed by atoms with Gasteiger partial charge in [0.05, 0.1) is 0 Å². The molecule has 0 aliphatic rings. The first-order valence-corrected chi connectivity index (χ1v) is 34.5. The average Bonchev–Trinajstić information content (AvgIpc) is 2.36. The van der Waals surface area contributed by atoms with Gasteiger partial charge in [-0.1, -0.05) is 55.2 Å². The normalized spacial score (nSPS) is 15.6. The van der Waals surface area contributed by atoms with E-state index in [1.165, 1.54) is 0 Å². The van der Waals surface area contributed by atoms with E-state index in [0.29, 0.717) is 0 Å². The maximum atomic E-state index is 5.58. The zero-order valence-corrected chi connectivity index (χ0v) is 29.4. The van der Waals surface area contributed by atoms with Gasteiger partial charge in [-0.3, -0.25) is 14.1 Å². The van der Waals surface area contributed by atoms with Crippen LogP contribution >= 0.6 is 0 Å². The smallest absolute Gasteiger partial charge is 0.0429 e. The highest BCUT2D eigenvalue weighted by atomic mass is 34.4. The van der Waals surface area contributed by atoms with Gasteiger partial charge < -0.3 is 0 Å². The quantitative estimate of drug-likeness (QED) is 0.251. The molecule has 0 rings (SSSR count). The Labute approximate surface area is 218 Å². The second-order valence-electron chi connectivity index (χ2n) is 2.86. The van der Waals surface area contributed by atoms with E-state index in [1.54, 1.807) is 0 Å². The lowest BCUT2D eigenvalue weighted by Crippen LogP contribution is -2.31. The van der Waals surface area contributed by atoms with Crippen molar-refractivity contribution in [1.82, 2.24) is 0 Å². The first-order chi connectivity index (χ1) is 10.1. The highest BCUT2D eigenvalue weighted by Crippen LogP contribution is 2.32. The molecule has 0 aromatic carbocycles. The number of hydrogen-bond donors (Lipinski definition) is 0. The predicted octanol–water partition coefficient (Wildman–Crippen LogP) is -0.0576. The Morgan fingerprint density at radius 2 is 0.500 bits per heavy atom. The first kappa shape index (κ1) is 30.3. The second kappa shape index (κ2) is 10.1. The van der Waals surface area contributed by atoms with E-state index in [9.17, 15) is 0 Å². The van der Waals surface area contributed by atoms with Crippen molar-refractivity contribution in [2.24, 2.45) is 0 Å². The summed E-state index contributed by atoms with van der Waals surface area (Å²) in [4.78, 5) is 0. The molecule has 0 N–H and O–H groups in total. The van der Waals surface area contributed by atoms with E-state index in [1.807, 2.05) is 0 Å². The summed E-state index contributed by atoms with van der Waals surface area (Å²) < 4.78 is 0. The van der Waals surface area contributed by atoms with Gasteiger partial charge in [-0.15, -0.1) is 0 Å². The molecular weight excluding hydrogens is 770 g/mol. The largest absolute Gasteiger partial charge is 0.271 e. The second-order valence-corrected chi connectivity index (χ2v) is 77.2. The van der Waals surface area contributed by atoms with Crippen LogP contribution in [0.25, 0.3) is 0 Å². The van der Waals surface area contributed by atoms with Crippen LogP contribution in [-0.2, 0) is 224 Å². The molecule has 0 nitrogen and oxygen atoms in total. The number of rotatable bonds is 7. The maximum absolute atomic E-state index is 5.58. The zero-order chi connectivity index (χ0) is 20.2. The van der Waals surface area contributed by atoms with E-state index >= 15 is 0 Å². The molecular formula is S24-2. The van der Waals surface area contributed by atoms with Crippen LogP contribution in [0.5, 0.6) is 0 Å². The van der Waals surface area contributed by atoms with Crippen molar-refractivity contribution in [3.05, 3.63) is 0 Å². The summed E-state index contributed by atoms with van der Waals surface area (Å²) in [6, 6.07) is 0. The summed E-state index contributed by atoms with van der Waals surface area (Å²) in [6.07, 6.45) is 0. The van der Waals surface area contributed by atoms with Crippen molar-refractivity contribution in [3.8, 4) is 0 Å². The van der Waals surface area contributed by atoms with E-state index in [4.69, 9.17) is 179 Å². The average molecular weight is 770 g/mol. The highest BCUT2D eigenvalue weighted by molar-refractivity contribution is 9.69. The Hall–Kier alpha value is 6.32. The molecule has 24 heavy (non-hydrogen) atoms. The minimum absolute atomic E-state index is 1.26. The fraction of sp³-hybridized carbons (Fsp3) is 0. The van der Waals surface area contributed by atoms with E-state index in [2.05, 4.69) is 0 Å². The standard InChI is InChI=1S/S24/c1-17(2)19(5,6)21(9,10)23(13,14)24(15,16)22(11,12)20(7,8)18(3)4/q-2. The number of hydrogen-bond acceptors (Lipinski definition) is 18. The van der Waals surface area contributed by atoms with Crippen LogP contribution in [0.15, 0.2) is 0 Å². The molecule has 0 aromatic rings. The van der Waals surface area contributed by atoms with Gasteiger partial charge in [0.25, 0.3) is 0 Å². The van der Waals surface area contributed by atoms with Crippen LogP contribution < -0.4 is 0 Å². The Morgan fingerprint density at radius 1 is 0.333 bits per heavy atom. The molecule has 0 aromatic heterocycles. The van der Waals surface area contributed by atoms with Gasteiger partial charge in [0.1, 0.15) is 0 Å². The third-order valence-corrected chi connectivity index (χ3v) is 128. The van der Waals surface area contributed by atoms with Gasteiger partial charge in [0.15, 0.2) is 0 Å². The monoisotopic (exact) mass is 767 g/mol. The van der Waals surface area contributed by atoms with E-state index in [-0.39, 0.29) is 0 Å². The van der Waals surface area contributed by atoms with Crippen LogP contribution in [-0.4, -0.2) is 0 Å². The molecule has 0 saturated carbocycles. The summed E-state index contributed by atoms with van der Waals surface area (Å²) in [5, 5.41) is -17.1. The molecule has 0 unspecified atom stereocenters. The van der Waals surface area contributed by atoms with Crippen molar-refractivity contribution in [2.45, 2.75) is 0 Å². The molecule has 0 bridgehead atoms. The topological polar surface area (TPSA) is 0 Å². The van der Waals surface area contributed by atoms with Gasteiger partial charge >= 0.3 is 0 Å². The minimum atomic E-state index is -2.99. The molecule has 0 amide bonds. The lowest BCUT2D eigenvalue weighted by molar-refractivity contribution is 5.05. The van der Waals surface area contributed by atoms with Crippen molar-refractivity contribution in [3.63, 3.8) is 0 Å². The van der Waals surface area contributed by atoms with Gasteiger partial charge in [-0.05, 0) is 89.5 Å². The van der Waals surface area contributed by atoms with Crippen LogP contribution in [0.1, 0.15) is 0 Å². The summed E-state index contributed by atoms with van der Waals surface area (Å²) in [5.74, 6) is 0. The van der Waals surface area contributed by atoms with Crippen LogP contribution in [0.2, 0.25) is 0 Å². The molecule has 0 atom stereocenters. The molecule has 0 heterocycles. The van der Waals surface area contributed by atoms with Crippen LogP contribution in [0.4, 0.5) is 0 Å². The van der Waals surface area contributed by atoms with Crippen LogP contribution in [0.3, 0.4) is 0 Å². The molecule has 0 radical (unpaired) electrons. The van der Waals surface area contributed by atoms with Crippen LogP contribution in [0, 0.1) is 0 Å². The predicted molar refractivity (Wildman–Crippen MR) is 177 cm³/mol. The van der Waals surface area contributed by atoms with Gasteiger partial charge in [-0.25, -0.2) is 44.8 Å². The molecule has 0 aliphatic heterocycles. The third-order valence-electron chi connectivity index (χ3n) is 1.58. The molecule has 0 aliphatic carbocycles. The van der Waals surface area contributed by atoms with E-state index in [0.717, 1.165) is 0 Å². The summed E-state index contributed by atoms with van der Waals surface area (Å²) in [5.41, 5.74) is 0. The lowest BCUT2D eigenvalue weighted by atomic mass is 29.8. The Morgan fingerprint density at radius 3 is 0.625 bits per heavy atom. The molecule has 146 valence electrons. The van der Waals surface area contributed by atoms with Crippen molar-refractivity contribution in [2.75, 3.05) is 0 Å². The fourth-order valence-corrected chi connectivity index (χ4v) is 132.